The molecule has 0 aliphatic rings. The lowest BCUT2D eigenvalue weighted by atomic mass is 10.1. The minimum atomic E-state index is -4.48. The van der Waals surface area contributed by atoms with Crippen molar-refractivity contribution in [1.82, 2.24) is 5.32 Å². The highest BCUT2D eigenvalue weighted by Gasteiger charge is 2.31. The number of rotatable bonds is 7. The first-order valence-corrected chi connectivity index (χ1v) is 8.50. The number of thiocarbonyl (C=S) groups is 1. The Morgan fingerprint density at radius 3 is 2.50 bits per heavy atom. The van der Waals surface area contributed by atoms with Crippen LogP contribution in [0.3, 0.4) is 0 Å². The number of hydrogen-bond donors (Lipinski definition) is 2. The van der Waals surface area contributed by atoms with Crippen LogP contribution in [0, 0.1) is 0 Å². The number of benzene rings is 1. The Kier molecular flexibility index (Phi) is 8.48. The topological polar surface area (TPSA) is 41.1 Å². The molecule has 1 rings (SSSR count). The number of anilines is 1. The Morgan fingerprint density at radius 2 is 1.88 bits per heavy atom. The van der Waals surface area contributed by atoms with Crippen LogP contribution in [0.15, 0.2) is 18.2 Å². The van der Waals surface area contributed by atoms with Crippen molar-refractivity contribution in [3.63, 3.8) is 0 Å². The van der Waals surface area contributed by atoms with Gasteiger partial charge in [-0.1, -0.05) is 44.2 Å². The van der Waals surface area contributed by atoms with Crippen molar-refractivity contribution in [2.75, 3.05) is 5.32 Å². The Balaban J connectivity index is 2.51. The van der Waals surface area contributed by atoms with Gasteiger partial charge in [-0.2, -0.15) is 13.2 Å². The maximum absolute atomic E-state index is 12.7. The first-order valence-electron chi connectivity index (χ1n) is 7.71. The second kappa shape index (κ2) is 9.84. The number of nitrogens with one attached hydrogen (secondary N) is 2. The summed E-state index contributed by atoms with van der Waals surface area (Å²) in [5.74, 6) is -0.271. The lowest BCUT2D eigenvalue weighted by Crippen LogP contribution is -2.34. The van der Waals surface area contributed by atoms with E-state index in [1.54, 1.807) is 0 Å². The highest BCUT2D eigenvalue weighted by Crippen LogP contribution is 2.33. The quantitative estimate of drug-likeness (QED) is 0.482. The van der Waals surface area contributed by atoms with Crippen molar-refractivity contribution in [3.05, 3.63) is 28.8 Å². The van der Waals surface area contributed by atoms with Crippen LogP contribution in [-0.2, 0) is 11.0 Å². The SMILES string of the molecule is CCCCCCCC(=O)NC(=S)Nc1cc(C(F)(F)F)ccc1Cl. The van der Waals surface area contributed by atoms with Gasteiger partial charge in [0.1, 0.15) is 0 Å². The van der Waals surface area contributed by atoms with Crippen LogP contribution in [-0.4, -0.2) is 11.0 Å². The molecule has 0 bridgehead atoms. The van der Waals surface area contributed by atoms with Gasteiger partial charge in [0.2, 0.25) is 5.91 Å². The van der Waals surface area contributed by atoms with Crippen molar-refractivity contribution in [1.29, 1.82) is 0 Å². The smallest absolute Gasteiger partial charge is 0.331 e. The molecule has 1 amide bonds. The predicted molar refractivity (Wildman–Crippen MR) is 94.2 cm³/mol. The molecule has 3 nitrogen and oxygen atoms in total. The van der Waals surface area contributed by atoms with Crippen LogP contribution in [0.2, 0.25) is 5.02 Å². The zero-order valence-corrected chi connectivity index (χ0v) is 14.9. The predicted octanol–water partition coefficient (Wildman–Crippen LogP) is 5.53. The minimum absolute atomic E-state index is 0.000243. The molecule has 1 aromatic carbocycles. The molecular formula is C16H20ClF3N2OS. The number of carbonyl (C=O) groups excluding carboxylic acids is 1. The lowest BCUT2D eigenvalue weighted by Gasteiger charge is -2.13. The van der Waals surface area contributed by atoms with Crippen LogP contribution < -0.4 is 10.6 Å². The molecule has 0 saturated carbocycles. The second-order valence-electron chi connectivity index (χ2n) is 5.36. The first kappa shape index (κ1) is 20.7. The van der Waals surface area contributed by atoms with E-state index in [1.165, 1.54) is 0 Å². The van der Waals surface area contributed by atoms with Gasteiger partial charge in [-0.15, -0.1) is 0 Å². The van der Waals surface area contributed by atoms with Crippen molar-refractivity contribution in [3.8, 4) is 0 Å². The molecule has 0 spiro atoms. The standard InChI is InChI=1S/C16H20ClF3N2OS/c1-2-3-4-5-6-7-14(23)22-15(24)21-13-10-11(16(18,19)20)8-9-12(13)17/h8-10H,2-7H2,1H3,(H2,21,22,23,24). The summed E-state index contributed by atoms with van der Waals surface area (Å²) in [6, 6.07) is 2.86. The van der Waals surface area contributed by atoms with Crippen molar-refractivity contribution < 1.29 is 18.0 Å². The van der Waals surface area contributed by atoms with Crippen LogP contribution in [0.4, 0.5) is 18.9 Å². The third kappa shape index (κ3) is 7.49. The van der Waals surface area contributed by atoms with Crippen LogP contribution in [0.25, 0.3) is 0 Å². The van der Waals surface area contributed by atoms with Gasteiger partial charge < -0.3 is 10.6 Å². The summed E-state index contributed by atoms with van der Waals surface area (Å²) in [7, 11) is 0. The average Bonchev–Trinajstić information content (AvgIpc) is 2.48. The van der Waals surface area contributed by atoms with Crippen molar-refractivity contribution >= 4 is 40.5 Å². The molecule has 0 fully saturated rings. The monoisotopic (exact) mass is 380 g/mol. The van der Waals surface area contributed by atoms with Gasteiger partial charge in [0.15, 0.2) is 5.11 Å². The van der Waals surface area contributed by atoms with Gasteiger partial charge in [-0.25, -0.2) is 0 Å². The normalized spacial score (nSPS) is 11.2. The summed E-state index contributed by atoms with van der Waals surface area (Å²) in [4.78, 5) is 11.7. The zero-order valence-electron chi connectivity index (χ0n) is 13.3. The summed E-state index contributed by atoms with van der Waals surface area (Å²) in [5.41, 5.74) is -0.848. The summed E-state index contributed by atoms with van der Waals surface area (Å²) in [5, 5.41) is 4.99. The zero-order chi connectivity index (χ0) is 18.2. The Morgan fingerprint density at radius 1 is 1.21 bits per heavy atom. The van der Waals surface area contributed by atoms with E-state index in [1.807, 2.05) is 0 Å². The van der Waals surface area contributed by atoms with E-state index in [9.17, 15) is 18.0 Å². The molecule has 0 saturated heterocycles. The highest BCUT2D eigenvalue weighted by molar-refractivity contribution is 7.80. The van der Waals surface area contributed by atoms with E-state index in [0.29, 0.717) is 6.42 Å². The van der Waals surface area contributed by atoms with Gasteiger partial charge in [0, 0.05) is 6.42 Å². The highest BCUT2D eigenvalue weighted by atomic mass is 35.5. The Bertz CT molecular complexity index is 579. The number of amides is 1. The molecule has 0 unspecified atom stereocenters. The maximum Gasteiger partial charge on any atom is 0.416 e. The molecule has 8 heteroatoms. The van der Waals surface area contributed by atoms with Crippen molar-refractivity contribution in [2.24, 2.45) is 0 Å². The van der Waals surface area contributed by atoms with Gasteiger partial charge in [0.25, 0.3) is 0 Å². The van der Waals surface area contributed by atoms with E-state index >= 15 is 0 Å². The molecule has 0 radical (unpaired) electrons. The molecule has 134 valence electrons. The van der Waals surface area contributed by atoms with Crippen LogP contribution in [0.1, 0.15) is 51.0 Å². The van der Waals surface area contributed by atoms with E-state index in [4.69, 9.17) is 23.8 Å². The lowest BCUT2D eigenvalue weighted by molar-refractivity contribution is -0.137. The van der Waals surface area contributed by atoms with E-state index in [0.717, 1.165) is 50.3 Å². The summed E-state index contributed by atoms with van der Waals surface area (Å²) in [6.45, 7) is 2.11. The van der Waals surface area contributed by atoms with E-state index in [2.05, 4.69) is 17.6 Å². The number of halogens is 4. The number of carbonyl (C=O) groups is 1. The fourth-order valence-corrected chi connectivity index (χ4v) is 2.42. The Hall–Kier alpha value is -1.34. The fourth-order valence-electron chi connectivity index (χ4n) is 2.03. The molecule has 0 aliphatic heterocycles. The average molecular weight is 381 g/mol. The largest absolute Gasteiger partial charge is 0.416 e. The van der Waals surface area contributed by atoms with Gasteiger partial charge >= 0.3 is 6.18 Å². The minimum Gasteiger partial charge on any atom is -0.331 e. The molecule has 1 aromatic rings. The van der Waals surface area contributed by atoms with E-state index < -0.39 is 11.7 Å². The number of unbranched alkanes of at least 4 members (excludes halogenated alkanes) is 4. The maximum atomic E-state index is 12.7. The van der Waals surface area contributed by atoms with Crippen LogP contribution >= 0.6 is 23.8 Å². The molecule has 0 heterocycles. The van der Waals surface area contributed by atoms with E-state index in [-0.39, 0.29) is 21.7 Å². The molecule has 24 heavy (non-hydrogen) atoms. The van der Waals surface area contributed by atoms with Crippen LogP contribution in [0.5, 0.6) is 0 Å². The van der Waals surface area contributed by atoms with Gasteiger partial charge in [-0.05, 0) is 36.8 Å². The summed E-state index contributed by atoms with van der Waals surface area (Å²) in [6.07, 6.45) is 0.881. The second-order valence-corrected chi connectivity index (χ2v) is 6.17. The molecule has 0 aromatic heterocycles. The molecule has 0 aliphatic carbocycles. The molecule has 0 atom stereocenters. The number of alkyl halides is 3. The Labute approximate surface area is 150 Å². The fraction of sp³-hybridized carbons (Fsp3) is 0.500. The number of hydrogen-bond acceptors (Lipinski definition) is 2. The first-order chi connectivity index (χ1) is 11.2. The summed E-state index contributed by atoms with van der Waals surface area (Å²) >= 11 is 10.8. The molecular weight excluding hydrogens is 361 g/mol. The summed E-state index contributed by atoms with van der Waals surface area (Å²) < 4.78 is 38.1. The van der Waals surface area contributed by atoms with Gasteiger partial charge in [0.05, 0.1) is 16.3 Å². The third-order valence-corrected chi connectivity index (χ3v) is 3.84. The van der Waals surface area contributed by atoms with Gasteiger partial charge in [-0.3, -0.25) is 4.79 Å². The van der Waals surface area contributed by atoms with Crippen molar-refractivity contribution in [2.45, 2.75) is 51.6 Å². The molecule has 2 N–H and O–H groups in total. The third-order valence-electron chi connectivity index (χ3n) is 3.30.